The van der Waals surface area contributed by atoms with E-state index in [0.29, 0.717) is 13.1 Å². The number of para-hydroxylation sites is 1. The van der Waals surface area contributed by atoms with Crippen molar-refractivity contribution in [2.24, 2.45) is 0 Å². The zero-order valence-corrected chi connectivity index (χ0v) is 12.5. The van der Waals surface area contributed by atoms with Gasteiger partial charge in [-0.1, -0.05) is 12.1 Å². The lowest BCUT2D eigenvalue weighted by Gasteiger charge is -2.23. The van der Waals surface area contributed by atoms with Crippen molar-refractivity contribution in [1.29, 1.82) is 0 Å². The third-order valence-corrected chi connectivity index (χ3v) is 3.09. The molecule has 1 aromatic rings. The second-order valence-corrected chi connectivity index (χ2v) is 6.11. The van der Waals surface area contributed by atoms with Crippen molar-refractivity contribution in [3.05, 3.63) is 30.1 Å². The van der Waals surface area contributed by atoms with Crippen LogP contribution in [0, 0.1) is 5.82 Å². The van der Waals surface area contributed by atoms with Crippen LogP contribution in [-0.2, 0) is 4.79 Å². The summed E-state index contributed by atoms with van der Waals surface area (Å²) in [5, 5.41) is 2.81. The van der Waals surface area contributed by atoms with Gasteiger partial charge in [-0.25, -0.2) is 9.18 Å². The van der Waals surface area contributed by atoms with Crippen LogP contribution >= 0.6 is 0 Å². The lowest BCUT2D eigenvalue weighted by molar-refractivity contribution is -0.122. The monoisotopic (exact) mass is 293 g/mol. The van der Waals surface area contributed by atoms with Crippen LogP contribution in [-0.4, -0.2) is 42.0 Å². The van der Waals surface area contributed by atoms with Crippen LogP contribution in [0.2, 0.25) is 0 Å². The number of hydrogen-bond acceptors (Lipinski definition) is 2. The molecule has 0 radical (unpaired) electrons. The summed E-state index contributed by atoms with van der Waals surface area (Å²) in [5.41, 5.74) is -0.0910. The van der Waals surface area contributed by atoms with Gasteiger partial charge in [0.15, 0.2) is 0 Å². The fourth-order valence-electron chi connectivity index (χ4n) is 2.25. The number of hydrogen-bond donors (Lipinski definition) is 1. The molecule has 0 aromatic heterocycles. The average Bonchev–Trinajstić information content (AvgIpc) is 2.69. The Morgan fingerprint density at radius 1 is 1.29 bits per heavy atom. The quantitative estimate of drug-likeness (QED) is 0.926. The summed E-state index contributed by atoms with van der Waals surface area (Å²) >= 11 is 0. The number of nitrogens with one attached hydrogen (secondary N) is 1. The predicted molar refractivity (Wildman–Crippen MR) is 78.6 cm³/mol. The molecular weight excluding hydrogens is 273 g/mol. The van der Waals surface area contributed by atoms with Gasteiger partial charge < -0.3 is 10.2 Å². The zero-order chi connectivity index (χ0) is 15.6. The van der Waals surface area contributed by atoms with E-state index in [1.54, 1.807) is 18.2 Å². The van der Waals surface area contributed by atoms with Crippen molar-refractivity contribution in [1.82, 2.24) is 10.2 Å². The van der Waals surface area contributed by atoms with Gasteiger partial charge in [0, 0.05) is 18.6 Å². The molecule has 5 nitrogen and oxygen atoms in total. The molecule has 114 valence electrons. The number of carbonyl (C=O) groups excluding carboxylic acids is 2. The van der Waals surface area contributed by atoms with E-state index in [4.69, 9.17) is 0 Å². The maximum atomic E-state index is 13.7. The van der Waals surface area contributed by atoms with Gasteiger partial charge in [-0.05, 0) is 32.9 Å². The summed E-state index contributed by atoms with van der Waals surface area (Å²) < 4.78 is 13.7. The van der Waals surface area contributed by atoms with Crippen molar-refractivity contribution < 1.29 is 14.0 Å². The van der Waals surface area contributed by atoms with Gasteiger partial charge in [0.2, 0.25) is 5.91 Å². The highest BCUT2D eigenvalue weighted by Crippen LogP contribution is 2.23. The van der Waals surface area contributed by atoms with E-state index >= 15 is 0 Å². The van der Waals surface area contributed by atoms with Gasteiger partial charge in [0.25, 0.3) is 0 Å². The number of carbonyl (C=O) groups is 2. The van der Waals surface area contributed by atoms with Crippen molar-refractivity contribution in [3.63, 3.8) is 0 Å². The summed E-state index contributed by atoms with van der Waals surface area (Å²) in [4.78, 5) is 26.9. The van der Waals surface area contributed by atoms with Crippen LogP contribution in [0.3, 0.4) is 0 Å². The second kappa shape index (κ2) is 5.71. The number of urea groups is 1. The molecule has 1 aliphatic rings. The Balaban J connectivity index is 2.02. The lowest BCUT2D eigenvalue weighted by Crippen LogP contribution is -2.46. The highest BCUT2D eigenvalue weighted by molar-refractivity contribution is 5.96. The number of nitrogens with zero attached hydrogens (tertiary/aromatic N) is 2. The maximum Gasteiger partial charge on any atom is 0.325 e. The number of amides is 3. The number of halogens is 1. The highest BCUT2D eigenvalue weighted by Gasteiger charge is 2.32. The first-order chi connectivity index (χ1) is 9.78. The minimum absolute atomic E-state index is 0.0128. The molecule has 1 aliphatic heterocycles. The molecule has 6 heteroatoms. The Bertz CT molecular complexity index is 554. The molecule has 2 rings (SSSR count). The molecule has 1 heterocycles. The summed E-state index contributed by atoms with van der Waals surface area (Å²) in [6.07, 6.45) is 0. The molecule has 1 saturated heterocycles. The van der Waals surface area contributed by atoms with Crippen molar-refractivity contribution in [2.75, 3.05) is 24.5 Å². The van der Waals surface area contributed by atoms with Gasteiger partial charge in [0.1, 0.15) is 12.4 Å². The Kier molecular flexibility index (Phi) is 4.16. The minimum Gasteiger partial charge on any atom is -0.350 e. The third-order valence-electron chi connectivity index (χ3n) is 3.09. The van der Waals surface area contributed by atoms with E-state index in [1.165, 1.54) is 15.9 Å². The summed E-state index contributed by atoms with van der Waals surface area (Å²) in [5.74, 6) is -0.655. The Hall–Kier alpha value is -2.11. The first kappa shape index (κ1) is 15.3. The van der Waals surface area contributed by atoms with Crippen molar-refractivity contribution in [2.45, 2.75) is 26.3 Å². The summed E-state index contributed by atoms with van der Waals surface area (Å²) in [7, 11) is 0. The van der Waals surface area contributed by atoms with Crippen molar-refractivity contribution >= 4 is 17.6 Å². The van der Waals surface area contributed by atoms with Gasteiger partial charge in [-0.3, -0.25) is 9.69 Å². The second-order valence-electron chi connectivity index (χ2n) is 6.11. The highest BCUT2D eigenvalue weighted by atomic mass is 19.1. The van der Waals surface area contributed by atoms with Crippen LogP contribution in [0.25, 0.3) is 0 Å². The number of benzene rings is 1. The SMILES string of the molecule is CC(C)(C)NC(=O)CN1CCN(c2ccccc2F)C1=O. The Labute approximate surface area is 123 Å². The first-order valence-electron chi connectivity index (χ1n) is 6.90. The van der Waals surface area contributed by atoms with Crippen LogP contribution in [0.5, 0.6) is 0 Å². The van der Waals surface area contributed by atoms with Crippen LogP contribution in [0.1, 0.15) is 20.8 Å². The third kappa shape index (κ3) is 3.71. The van der Waals surface area contributed by atoms with Crippen LogP contribution in [0.15, 0.2) is 24.3 Å². The molecule has 0 bridgehead atoms. The Morgan fingerprint density at radius 2 is 1.95 bits per heavy atom. The zero-order valence-electron chi connectivity index (χ0n) is 12.5. The predicted octanol–water partition coefficient (Wildman–Crippen LogP) is 1.98. The van der Waals surface area contributed by atoms with Crippen LogP contribution < -0.4 is 10.2 Å². The Morgan fingerprint density at radius 3 is 2.57 bits per heavy atom. The van der Waals surface area contributed by atoms with E-state index in [0.717, 1.165) is 0 Å². The van der Waals surface area contributed by atoms with Gasteiger partial charge >= 0.3 is 6.03 Å². The lowest BCUT2D eigenvalue weighted by atomic mass is 10.1. The molecule has 1 N–H and O–H groups in total. The molecule has 0 unspecified atom stereocenters. The molecule has 1 fully saturated rings. The number of rotatable bonds is 3. The van der Waals surface area contributed by atoms with Crippen LogP contribution in [0.4, 0.5) is 14.9 Å². The maximum absolute atomic E-state index is 13.7. The smallest absolute Gasteiger partial charge is 0.325 e. The van der Waals surface area contributed by atoms with Crippen molar-refractivity contribution in [3.8, 4) is 0 Å². The molecule has 0 atom stereocenters. The van der Waals surface area contributed by atoms with Gasteiger partial charge in [0.05, 0.1) is 5.69 Å². The molecule has 1 aromatic carbocycles. The fraction of sp³-hybridized carbons (Fsp3) is 0.467. The topological polar surface area (TPSA) is 52.7 Å². The summed E-state index contributed by atoms with van der Waals surface area (Å²) in [6.45, 7) is 6.40. The fourth-order valence-corrected chi connectivity index (χ4v) is 2.25. The molecule has 0 saturated carbocycles. The van der Waals surface area contributed by atoms with Gasteiger partial charge in [-0.2, -0.15) is 0 Å². The summed E-state index contributed by atoms with van der Waals surface area (Å²) in [6, 6.07) is 5.79. The minimum atomic E-state index is -0.438. The molecule has 21 heavy (non-hydrogen) atoms. The largest absolute Gasteiger partial charge is 0.350 e. The average molecular weight is 293 g/mol. The molecular formula is C15H20FN3O2. The van der Waals surface area contributed by atoms with E-state index in [2.05, 4.69) is 5.32 Å². The van der Waals surface area contributed by atoms with E-state index in [9.17, 15) is 14.0 Å². The molecule has 0 aliphatic carbocycles. The van der Waals surface area contributed by atoms with E-state index in [1.807, 2.05) is 20.8 Å². The number of anilines is 1. The van der Waals surface area contributed by atoms with E-state index < -0.39 is 5.82 Å². The van der Waals surface area contributed by atoms with E-state index in [-0.39, 0.29) is 29.7 Å². The van der Waals surface area contributed by atoms with Gasteiger partial charge in [-0.15, -0.1) is 0 Å². The first-order valence-corrected chi connectivity index (χ1v) is 6.90. The standard InChI is InChI=1S/C15H20FN3O2/c1-15(2,3)17-13(20)10-18-8-9-19(14(18)21)12-7-5-4-6-11(12)16/h4-7H,8-10H2,1-3H3,(H,17,20). The molecule has 3 amide bonds. The normalized spacial score (nSPS) is 15.5. The molecule has 0 spiro atoms.